The van der Waals surface area contributed by atoms with Crippen molar-refractivity contribution in [3.63, 3.8) is 0 Å². The quantitative estimate of drug-likeness (QED) is 0.748. The molecule has 110 valence electrons. The summed E-state index contributed by atoms with van der Waals surface area (Å²) in [7, 11) is 0. The molecule has 2 nitrogen and oxygen atoms in total. The van der Waals surface area contributed by atoms with Crippen LogP contribution in [0.4, 0.5) is 0 Å². The van der Waals surface area contributed by atoms with E-state index in [0.29, 0.717) is 17.5 Å². The highest BCUT2D eigenvalue weighted by Gasteiger charge is 2.18. The molecule has 0 amide bonds. The first kappa shape index (κ1) is 16.5. The normalized spacial score (nSPS) is 18.7. The molecule has 0 aliphatic heterocycles. The monoisotopic (exact) mass is 274 g/mol. The minimum atomic E-state index is 0.343. The fraction of sp³-hybridized carbons (Fsp3) is 0.500. The van der Waals surface area contributed by atoms with Crippen molar-refractivity contribution < 1.29 is 9.90 Å². The molecule has 1 atom stereocenters. The highest BCUT2D eigenvalue weighted by molar-refractivity contribution is 5.96. The highest BCUT2D eigenvalue weighted by atomic mass is 16.3. The van der Waals surface area contributed by atoms with Crippen LogP contribution in [-0.2, 0) is 4.79 Å². The van der Waals surface area contributed by atoms with Gasteiger partial charge in [0, 0.05) is 6.42 Å². The number of rotatable bonds is 0. The molecule has 1 aromatic carbocycles. The lowest BCUT2D eigenvalue weighted by Crippen LogP contribution is -2.14. The van der Waals surface area contributed by atoms with Crippen LogP contribution in [0.1, 0.15) is 50.3 Å². The molecular formula is C18H26O2. The van der Waals surface area contributed by atoms with Gasteiger partial charge < -0.3 is 5.11 Å². The lowest BCUT2D eigenvalue weighted by molar-refractivity contribution is -0.116. The van der Waals surface area contributed by atoms with E-state index < -0.39 is 0 Å². The zero-order valence-electron chi connectivity index (χ0n) is 13.5. The number of carbonyl (C=O) groups is 1. The van der Waals surface area contributed by atoms with E-state index in [0.717, 1.165) is 24.0 Å². The Bertz CT molecular complexity index is 512. The molecule has 0 fully saturated rings. The maximum absolute atomic E-state index is 11.1. The van der Waals surface area contributed by atoms with Crippen molar-refractivity contribution >= 4 is 5.78 Å². The molecule has 0 aromatic heterocycles. The largest absolute Gasteiger partial charge is 0.508 e. The minimum absolute atomic E-state index is 0.343. The van der Waals surface area contributed by atoms with E-state index in [1.807, 2.05) is 33.8 Å². The van der Waals surface area contributed by atoms with Crippen LogP contribution in [0.15, 0.2) is 23.3 Å². The summed E-state index contributed by atoms with van der Waals surface area (Å²) in [4.78, 5) is 11.1. The number of allylic oxidation sites excluding steroid dienone is 2. The molecule has 1 aliphatic rings. The predicted octanol–water partition coefficient (Wildman–Crippen LogP) is 4.64. The Morgan fingerprint density at radius 1 is 1.05 bits per heavy atom. The smallest absolute Gasteiger partial charge is 0.158 e. The van der Waals surface area contributed by atoms with E-state index in [-0.39, 0.29) is 0 Å². The Morgan fingerprint density at radius 2 is 1.65 bits per heavy atom. The van der Waals surface area contributed by atoms with Crippen LogP contribution in [0, 0.1) is 26.7 Å². The molecule has 0 saturated heterocycles. The van der Waals surface area contributed by atoms with Crippen LogP contribution in [0.3, 0.4) is 0 Å². The molecule has 0 bridgehead atoms. The Balaban J connectivity index is 0.000000200. The molecular weight excluding hydrogens is 248 g/mol. The van der Waals surface area contributed by atoms with Gasteiger partial charge in [0.1, 0.15) is 5.75 Å². The number of hydrogen-bond donors (Lipinski definition) is 1. The van der Waals surface area contributed by atoms with E-state index in [4.69, 9.17) is 0 Å². The van der Waals surface area contributed by atoms with Crippen LogP contribution < -0.4 is 0 Å². The molecule has 2 rings (SSSR count). The Kier molecular flexibility index (Phi) is 5.55. The fourth-order valence-electron chi connectivity index (χ4n) is 2.28. The van der Waals surface area contributed by atoms with Crippen molar-refractivity contribution in [2.75, 3.05) is 0 Å². The second-order valence-corrected chi connectivity index (χ2v) is 5.82. The van der Waals surface area contributed by atoms with Gasteiger partial charge in [-0.3, -0.25) is 4.79 Å². The SMILES string of the molecule is CC1=C(C)C(C)CCC1=O.Cc1ccc(O)c(C)c1C. The number of aromatic hydroxyl groups is 1. The summed E-state index contributed by atoms with van der Waals surface area (Å²) in [5, 5.41) is 9.22. The molecule has 0 heterocycles. The standard InChI is InChI=1S/C9H14O.C9H12O/c2*1-6-4-5-9(10)8(3)7(6)2/h6H,4-5H2,1-3H3;4-5,10H,1-3H3. The van der Waals surface area contributed by atoms with Crippen molar-refractivity contribution in [2.45, 2.75) is 54.4 Å². The molecule has 1 unspecified atom stereocenters. The Labute approximate surface area is 122 Å². The van der Waals surface area contributed by atoms with Gasteiger partial charge in [0.05, 0.1) is 0 Å². The summed E-state index contributed by atoms with van der Waals surface area (Å²) in [6, 6.07) is 3.66. The van der Waals surface area contributed by atoms with Gasteiger partial charge in [-0.15, -0.1) is 0 Å². The average molecular weight is 274 g/mol. The van der Waals surface area contributed by atoms with Crippen LogP contribution in [0.5, 0.6) is 5.75 Å². The van der Waals surface area contributed by atoms with Crippen molar-refractivity contribution in [3.8, 4) is 5.75 Å². The summed E-state index contributed by atoms with van der Waals surface area (Å²) in [6.07, 6.45) is 1.80. The number of carbonyl (C=O) groups excluding carboxylic acids is 1. The third-order valence-electron chi connectivity index (χ3n) is 4.58. The van der Waals surface area contributed by atoms with Crippen molar-refractivity contribution in [2.24, 2.45) is 5.92 Å². The van der Waals surface area contributed by atoms with E-state index in [1.54, 1.807) is 6.07 Å². The molecule has 2 heteroatoms. The third-order valence-corrected chi connectivity index (χ3v) is 4.58. The summed E-state index contributed by atoms with van der Waals surface area (Å²) in [5.74, 6) is 1.36. The number of ketones is 1. The molecule has 0 saturated carbocycles. The molecule has 20 heavy (non-hydrogen) atoms. The van der Waals surface area contributed by atoms with Crippen LogP contribution >= 0.6 is 0 Å². The van der Waals surface area contributed by atoms with Gasteiger partial charge in [0.25, 0.3) is 0 Å². The van der Waals surface area contributed by atoms with Crippen LogP contribution in [0.25, 0.3) is 0 Å². The predicted molar refractivity (Wildman–Crippen MR) is 84.1 cm³/mol. The van der Waals surface area contributed by atoms with Crippen molar-refractivity contribution in [1.82, 2.24) is 0 Å². The first-order valence-electron chi connectivity index (χ1n) is 7.22. The van der Waals surface area contributed by atoms with Crippen LogP contribution in [0.2, 0.25) is 0 Å². The molecule has 1 aliphatic carbocycles. The zero-order valence-corrected chi connectivity index (χ0v) is 13.5. The maximum atomic E-state index is 11.1. The third kappa shape index (κ3) is 3.72. The topological polar surface area (TPSA) is 37.3 Å². The molecule has 1 aromatic rings. The van der Waals surface area contributed by atoms with Crippen molar-refractivity contribution in [3.05, 3.63) is 40.0 Å². The lowest BCUT2D eigenvalue weighted by Gasteiger charge is -2.19. The summed E-state index contributed by atoms with van der Waals surface area (Å²) >= 11 is 0. The maximum Gasteiger partial charge on any atom is 0.158 e. The van der Waals surface area contributed by atoms with E-state index >= 15 is 0 Å². The number of aryl methyl sites for hydroxylation is 1. The van der Waals surface area contributed by atoms with Gasteiger partial charge in [-0.1, -0.05) is 18.6 Å². The highest BCUT2D eigenvalue weighted by Crippen LogP contribution is 2.26. The molecule has 1 N–H and O–H groups in total. The number of hydrogen-bond acceptors (Lipinski definition) is 2. The first-order chi connectivity index (χ1) is 9.25. The van der Waals surface area contributed by atoms with Gasteiger partial charge in [-0.25, -0.2) is 0 Å². The van der Waals surface area contributed by atoms with E-state index in [2.05, 4.69) is 13.8 Å². The van der Waals surface area contributed by atoms with Gasteiger partial charge in [-0.2, -0.15) is 0 Å². The van der Waals surface area contributed by atoms with Gasteiger partial charge in [0.15, 0.2) is 5.78 Å². The number of phenols is 1. The van der Waals surface area contributed by atoms with Gasteiger partial charge >= 0.3 is 0 Å². The van der Waals surface area contributed by atoms with E-state index in [9.17, 15) is 9.90 Å². The first-order valence-corrected chi connectivity index (χ1v) is 7.22. The van der Waals surface area contributed by atoms with Gasteiger partial charge in [-0.05, 0) is 75.3 Å². The second kappa shape index (κ2) is 6.74. The molecule has 0 radical (unpaired) electrons. The Morgan fingerprint density at radius 3 is 2.15 bits per heavy atom. The number of Topliss-reactive ketones (excluding diaryl/α,β-unsaturated/α-hetero) is 1. The Hall–Kier alpha value is -1.57. The summed E-state index contributed by atoms with van der Waals surface area (Å²) in [5.41, 5.74) is 5.69. The fourth-order valence-corrected chi connectivity index (χ4v) is 2.28. The minimum Gasteiger partial charge on any atom is -0.508 e. The summed E-state index contributed by atoms with van der Waals surface area (Å²) < 4.78 is 0. The van der Waals surface area contributed by atoms with E-state index in [1.165, 1.54) is 16.7 Å². The number of phenolic OH excluding ortho intramolecular Hbond substituents is 1. The molecule has 0 spiro atoms. The average Bonchev–Trinajstić information content (AvgIpc) is 2.43. The van der Waals surface area contributed by atoms with Gasteiger partial charge in [0.2, 0.25) is 0 Å². The second-order valence-electron chi connectivity index (χ2n) is 5.82. The van der Waals surface area contributed by atoms with Crippen LogP contribution in [-0.4, -0.2) is 10.9 Å². The number of benzene rings is 1. The summed E-state index contributed by atoms with van der Waals surface area (Å²) in [6.45, 7) is 12.2. The van der Waals surface area contributed by atoms with Crippen molar-refractivity contribution in [1.29, 1.82) is 0 Å². The lowest BCUT2D eigenvalue weighted by atomic mass is 9.85. The zero-order chi connectivity index (χ0) is 15.4.